The van der Waals surface area contributed by atoms with Crippen LogP contribution in [0.2, 0.25) is 5.82 Å². The minimum atomic E-state index is 0.242. The topological polar surface area (TPSA) is 0 Å². The summed E-state index contributed by atoms with van der Waals surface area (Å²) in [5.74, 6) is 3.19. The Morgan fingerprint density at radius 1 is 1.10 bits per heavy atom. The van der Waals surface area contributed by atoms with Crippen LogP contribution in [0.3, 0.4) is 0 Å². The molecule has 1 heterocycles. The Hall–Kier alpha value is -0.650. The zero-order chi connectivity index (χ0) is 6.97. The first-order valence-electron chi connectivity index (χ1n) is 3.67. The molecule has 46 valence electrons. The third kappa shape index (κ3) is 0.792. The van der Waals surface area contributed by atoms with E-state index in [1.165, 1.54) is 0 Å². The van der Waals surface area contributed by atoms with E-state index < -0.39 is 0 Å². The van der Waals surface area contributed by atoms with Crippen LogP contribution >= 0.6 is 0 Å². The summed E-state index contributed by atoms with van der Waals surface area (Å²) < 4.78 is 0. The highest BCUT2D eigenvalue weighted by atomic mass is 14.1. The van der Waals surface area contributed by atoms with E-state index in [2.05, 4.69) is 36.4 Å². The predicted molar refractivity (Wildman–Crippen MR) is 46.2 cm³/mol. The summed E-state index contributed by atoms with van der Waals surface area (Å²) in [6.45, 7) is 0.242. The molecular weight excluding hydrogens is 118 g/mol. The van der Waals surface area contributed by atoms with E-state index in [4.69, 9.17) is 7.74 Å². The smallest absolute Gasteiger partial charge is 0.126 e. The zero-order valence-electron chi connectivity index (χ0n) is 5.77. The minimum Gasteiger partial charge on any atom is -0.127 e. The zero-order valence-corrected chi connectivity index (χ0v) is 5.77. The van der Waals surface area contributed by atoms with Crippen molar-refractivity contribution >= 4 is 14.3 Å². The number of allylic oxidation sites excluding steroid dienone is 5. The van der Waals surface area contributed by atoms with Gasteiger partial charge in [-0.2, -0.15) is 0 Å². The standard InChI is InChI=1S/C8H8B2/c9-10-6-5-7-3-1-2-4-8(7)10/h1-8H. The number of hydrogen-bond acceptors (Lipinski definition) is 0. The fraction of sp³-hybridized carbons (Fsp3) is 0.250. The summed E-state index contributed by atoms with van der Waals surface area (Å²) in [6.07, 6.45) is 10.7. The van der Waals surface area contributed by atoms with Gasteiger partial charge in [-0.25, -0.2) is 0 Å². The van der Waals surface area contributed by atoms with Gasteiger partial charge in [0.2, 0.25) is 0 Å². The Kier molecular flexibility index (Phi) is 1.33. The van der Waals surface area contributed by atoms with Crippen molar-refractivity contribution in [3.8, 4) is 0 Å². The molecule has 2 unspecified atom stereocenters. The molecule has 0 spiro atoms. The van der Waals surface area contributed by atoms with Crippen LogP contribution in [0.4, 0.5) is 0 Å². The molecule has 0 saturated carbocycles. The first-order chi connectivity index (χ1) is 4.88. The fourth-order valence-corrected chi connectivity index (χ4v) is 1.60. The molecule has 2 atom stereocenters. The molecule has 0 aromatic rings. The molecule has 2 heteroatoms. The Labute approximate surface area is 63.2 Å². The molecule has 2 aliphatic rings. The van der Waals surface area contributed by atoms with Crippen LogP contribution < -0.4 is 0 Å². The van der Waals surface area contributed by atoms with Gasteiger partial charge in [0, 0.05) is 7.74 Å². The average molecular weight is 126 g/mol. The third-order valence-electron chi connectivity index (χ3n) is 2.22. The normalized spacial score (nSPS) is 35.0. The van der Waals surface area contributed by atoms with Crippen molar-refractivity contribution in [1.29, 1.82) is 0 Å². The quantitative estimate of drug-likeness (QED) is 0.429. The molecule has 0 N–H and O–H groups in total. The fourth-order valence-electron chi connectivity index (χ4n) is 1.60. The molecule has 2 radical (unpaired) electrons. The molecule has 10 heavy (non-hydrogen) atoms. The Bertz CT molecular complexity index is 215. The van der Waals surface area contributed by atoms with Crippen LogP contribution in [0.1, 0.15) is 0 Å². The van der Waals surface area contributed by atoms with Gasteiger partial charge < -0.3 is 0 Å². The highest BCUT2D eigenvalue weighted by Gasteiger charge is 2.26. The van der Waals surface area contributed by atoms with Crippen molar-refractivity contribution in [2.24, 2.45) is 5.92 Å². The molecule has 0 nitrogen and oxygen atoms in total. The lowest BCUT2D eigenvalue weighted by atomic mass is 9.27. The van der Waals surface area contributed by atoms with E-state index in [1.807, 2.05) is 0 Å². The molecule has 1 aliphatic heterocycles. The monoisotopic (exact) mass is 126 g/mol. The second kappa shape index (κ2) is 2.19. The lowest BCUT2D eigenvalue weighted by Gasteiger charge is -2.17. The van der Waals surface area contributed by atoms with E-state index in [0.717, 1.165) is 0 Å². The van der Waals surface area contributed by atoms with Gasteiger partial charge in [-0.15, -0.1) is 5.98 Å². The van der Waals surface area contributed by atoms with Gasteiger partial charge >= 0.3 is 0 Å². The molecular formula is C8H8B2. The van der Waals surface area contributed by atoms with Crippen LogP contribution in [-0.4, -0.2) is 14.3 Å². The van der Waals surface area contributed by atoms with E-state index >= 15 is 0 Å². The molecule has 2 rings (SSSR count). The van der Waals surface area contributed by atoms with E-state index in [0.29, 0.717) is 11.7 Å². The van der Waals surface area contributed by atoms with E-state index in [9.17, 15) is 0 Å². The van der Waals surface area contributed by atoms with Gasteiger partial charge in [-0.3, -0.25) is 0 Å². The van der Waals surface area contributed by atoms with Gasteiger partial charge in [0.15, 0.2) is 0 Å². The van der Waals surface area contributed by atoms with Crippen LogP contribution in [0.15, 0.2) is 36.4 Å². The van der Waals surface area contributed by atoms with Crippen molar-refractivity contribution < 1.29 is 0 Å². The molecule has 0 aromatic carbocycles. The van der Waals surface area contributed by atoms with Gasteiger partial charge in [0.05, 0.1) is 0 Å². The largest absolute Gasteiger partial charge is 0.127 e. The average Bonchev–Trinajstić information content (AvgIpc) is 2.34. The Morgan fingerprint density at radius 2 is 1.90 bits per heavy atom. The molecule has 0 fully saturated rings. The number of rotatable bonds is 0. The summed E-state index contributed by atoms with van der Waals surface area (Å²) in [5.41, 5.74) is 0. The summed E-state index contributed by atoms with van der Waals surface area (Å²) in [6, 6.07) is 0. The van der Waals surface area contributed by atoms with Crippen molar-refractivity contribution in [3.05, 3.63) is 36.4 Å². The number of hydrogen-bond donors (Lipinski definition) is 0. The Morgan fingerprint density at radius 3 is 2.70 bits per heavy atom. The van der Waals surface area contributed by atoms with Crippen LogP contribution in [0, 0.1) is 5.92 Å². The van der Waals surface area contributed by atoms with Crippen molar-refractivity contribution in [3.63, 3.8) is 0 Å². The van der Waals surface area contributed by atoms with Crippen molar-refractivity contribution in [2.75, 3.05) is 0 Å². The SMILES string of the molecule is [B]B1C=CC2C=CC=CC12. The summed E-state index contributed by atoms with van der Waals surface area (Å²) in [4.78, 5) is 0. The van der Waals surface area contributed by atoms with E-state index in [-0.39, 0.29) is 6.60 Å². The maximum absolute atomic E-state index is 5.82. The van der Waals surface area contributed by atoms with Crippen molar-refractivity contribution in [2.45, 2.75) is 5.82 Å². The first-order valence-corrected chi connectivity index (χ1v) is 3.67. The molecule has 0 bridgehead atoms. The summed E-state index contributed by atoms with van der Waals surface area (Å²) in [5, 5.41) is 0. The van der Waals surface area contributed by atoms with E-state index in [1.54, 1.807) is 0 Å². The highest BCUT2D eigenvalue weighted by Crippen LogP contribution is 2.33. The van der Waals surface area contributed by atoms with Gasteiger partial charge in [0.25, 0.3) is 0 Å². The lowest BCUT2D eigenvalue weighted by Crippen LogP contribution is -2.17. The van der Waals surface area contributed by atoms with Gasteiger partial charge in [-0.1, -0.05) is 30.4 Å². The second-order valence-corrected chi connectivity index (χ2v) is 2.89. The van der Waals surface area contributed by atoms with Crippen LogP contribution in [0.25, 0.3) is 0 Å². The predicted octanol–water partition coefficient (Wildman–Crippen LogP) is 1.37. The van der Waals surface area contributed by atoms with Crippen LogP contribution in [0.5, 0.6) is 0 Å². The summed E-state index contributed by atoms with van der Waals surface area (Å²) >= 11 is 0. The number of fused-ring (bicyclic) bond motifs is 1. The molecule has 0 saturated heterocycles. The Balaban J connectivity index is 2.26. The maximum atomic E-state index is 5.82. The third-order valence-corrected chi connectivity index (χ3v) is 2.22. The van der Waals surface area contributed by atoms with Crippen molar-refractivity contribution in [1.82, 2.24) is 0 Å². The lowest BCUT2D eigenvalue weighted by molar-refractivity contribution is 0.829. The summed E-state index contributed by atoms with van der Waals surface area (Å²) in [7, 11) is 5.82. The van der Waals surface area contributed by atoms with Gasteiger partial charge in [0.1, 0.15) is 6.60 Å². The van der Waals surface area contributed by atoms with Gasteiger partial charge in [-0.05, 0) is 11.7 Å². The second-order valence-electron chi connectivity index (χ2n) is 2.89. The highest BCUT2D eigenvalue weighted by molar-refractivity contribution is 7.07. The molecule has 0 amide bonds. The minimum absolute atomic E-state index is 0.242. The molecule has 0 aromatic heterocycles. The molecule has 1 aliphatic carbocycles. The maximum Gasteiger partial charge on any atom is 0.126 e. The van der Waals surface area contributed by atoms with Crippen LogP contribution in [-0.2, 0) is 0 Å². The first kappa shape index (κ1) is 6.09.